The molecule has 0 spiro atoms. The Morgan fingerprint density at radius 3 is 3.18 bits per heavy atom. The van der Waals surface area contributed by atoms with E-state index in [1.54, 1.807) is 6.20 Å². The highest BCUT2D eigenvalue weighted by Gasteiger charge is 2.00. The van der Waals surface area contributed by atoms with Gasteiger partial charge in [0.1, 0.15) is 4.60 Å². The van der Waals surface area contributed by atoms with Crippen LogP contribution in [0.4, 0.5) is 0 Å². The largest absolute Gasteiger partial charge is 0.304 e. The van der Waals surface area contributed by atoms with Crippen LogP contribution in [0.15, 0.2) is 23.2 Å². The monoisotopic (exact) mass is 209 g/mol. The summed E-state index contributed by atoms with van der Waals surface area (Å²) >= 11 is 3.33. The summed E-state index contributed by atoms with van der Waals surface area (Å²) in [4.78, 5) is 8.32. The average molecular weight is 210 g/mol. The highest BCUT2D eigenvalue weighted by atomic mass is 79.9. The summed E-state index contributed by atoms with van der Waals surface area (Å²) in [6.07, 6.45) is 5.59. The van der Waals surface area contributed by atoms with Crippen molar-refractivity contribution in [2.24, 2.45) is 0 Å². The number of aromatic nitrogens is 3. The third-order valence-corrected chi connectivity index (χ3v) is 1.99. The lowest BCUT2D eigenvalue weighted by Gasteiger charge is -1.96. The molecule has 5 heteroatoms. The molecule has 0 aliphatic rings. The summed E-state index contributed by atoms with van der Waals surface area (Å²) in [5.74, 6) is 0. The summed E-state index contributed by atoms with van der Waals surface area (Å²) in [5, 5.41) is 0. The lowest BCUT2D eigenvalue weighted by molar-refractivity contribution is 1.13. The smallest absolute Gasteiger partial charge is 0.170 e. The Labute approximate surface area is 73.0 Å². The van der Waals surface area contributed by atoms with Crippen LogP contribution < -0.4 is 5.59 Å². The van der Waals surface area contributed by atoms with E-state index < -0.39 is 0 Å². The Hall–Kier alpha value is -0.835. The maximum Gasteiger partial charge on any atom is 0.170 e. The van der Waals surface area contributed by atoms with Crippen LogP contribution in [0.5, 0.6) is 0 Å². The molecule has 0 saturated heterocycles. The van der Waals surface area contributed by atoms with Crippen LogP contribution >= 0.6 is 15.9 Å². The van der Waals surface area contributed by atoms with Gasteiger partial charge in [0.2, 0.25) is 0 Å². The quantitative estimate of drug-likeness (QED) is 0.561. The average Bonchev–Trinajstić information content (AvgIpc) is 2.34. The third-order valence-electron chi connectivity index (χ3n) is 1.45. The van der Waals surface area contributed by atoms with Gasteiger partial charge in [-0.25, -0.2) is 4.98 Å². The maximum atomic E-state index is 4.21. The van der Waals surface area contributed by atoms with Crippen LogP contribution in [0.2, 0.25) is 0 Å². The molecular weight excluding hydrogens is 205 g/mol. The van der Waals surface area contributed by atoms with Crippen molar-refractivity contribution in [2.75, 3.05) is 0 Å². The van der Waals surface area contributed by atoms with Gasteiger partial charge in [0.25, 0.3) is 0 Å². The van der Waals surface area contributed by atoms with E-state index >= 15 is 0 Å². The molecule has 0 saturated carbocycles. The first-order valence-electron chi connectivity index (χ1n) is 3.23. The number of nitrogens with zero attached hydrogens (tertiary/aromatic N) is 3. The van der Waals surface area contributed by atoms with Gasteiger partial charge < -0.3 is 4.40 Å². The fourth-order valence-electron chi connectivity index (χ4n) is 1.01. The van der Waals surface area contributed by atoms with Crippen LogP contribution in [0.1, 0.15) is 0 Å². The second-order valence-electron chi connectivity index (χ2n) is 2.33. The number of hydrogen-bond acceptors (Lipinski definition) is 2. The Kier molecular flexibility index (Phi) is 1.46. The molecule has 2 rings (SSSR count). The highest BCUT2D eigenvalue weighted by molar-refractivity contribution is 9.10. The molecule has 3 nitrogen and oxygen atoms in total. The van der Waals surface area contributed by atoms with Crippen LogP contribution in [-0.4, -0.2) is 22.2 Å². The molecule has 0 bridgehead atoms. The third kappa shape index (κ3) is 1.05. The van der Waals surface area contributed by atoms with Gasteiger partial charge in [-0.2, -0.15) is 0 Å². The maximum absolute atomic E-state index is 4.21. The van der Waals surface area contributed by atoms with Gasteiger partial charge in [-0.15, -0.1) is 0 Å². The van der Waals surface area contributed by atoms with Gasteiger partial charge in [-0.05, 0) is 15.9 Å². The first-order chi connectivity index (χ1) is 5.27. The fourth-order valence-corrected chi connectivity index (χ4v) is 1.60. The second-order valence-corrected chi connectivity index (χ2v) is 3.08. The minimum atomic E-state index is 0.794. The molecule has 2 aromatic rings. The first kappa shape index (κ1) is 6.85. The Bertz CT molecular complexity index is 398. The lowest BCUT2D eigenvalue weighted by Crippen LogP contribution is -2.10. The van der Waals surface area contributed by atoms with Gasteiger partial charge in [-0.1, -0.05) is 0 Å². The van der Waals surface area contributed by atoms with Crippen LogP contribution in [0.25, 0.3) is 5.65 Å². The normalized spacial score (nSPS) is 10.6. The molecule has 2 heterocycles. The van der Waals surface area contributed by atoms with Gasteiger partial charge >= 0.3 is 0 Å². The highest BCUT2D eigenvalue weighted by Crippen LogP contribution is 2.09. The number of rotatable bonds is 0. The van der Waals surface area contributed by atoms with E-state index in [4.69, 9.17) is 0 Å². The van der Waals surface area contributed by atoms with Crippen molar-refractivity contribution in [1.29, 1.82) is 0 Å². The molecule has 0 aliphatic carbocycles. The molecule has 0 atom stereocenters. The van der Waals surface area contributed by atoms with E-state index in [0.29, 0.717) is 0 Å². The molecular formula is C6H5BBrN3. The van der Waals surface area contributed by atoms with Crippen LogP contribution in [-0.2, 0) is 0 Å². The lowest BCUT2D eigenvalue weighted by atomic mass is 10.1. The standard InChI is InChI=1S/C6H5BBrN3/c7-4-3-11-2-1-9-6(11)5(8)10-4/h1-3H,7H2. The van der Waals surface area contributed by atoms with E-state index in [1.165, 1.54) is 0 Å². The van der Waals surface area contributed by atoms with E-state index in [1.807, 2.05) is 24.6 Å². The summed E-state index contributed by atoms with van der Waals surface area (Å²) in [7, 11) is 1.95. The molecule has 11 heavy (non-hydrogen) atoms. The van der Waals surface area contributed by atoms with Crippen molar-refractivity contribution in [3.05, 3.63) is 23.2 Å². The zero-order chi connectivity index (χ0) is 7.84. The zero-order valence-corrected chi connectivity index (χ0v) is 7.54. The number of fused-ring (bicyclic) bond motifs is 1. The predicted octanol–water partition coefficient (Wildman–Crippen LogP) is -0.250. The Morgan fingerprint density at radius 1 is 1.55 bits per heavy atom. The van der Waals surface area contributed by atoms with Crippen molar-refractivity contribution in [3.8, 4) is 0 Å². The fraction of sp³-hybridized carbons (Fsp3) is 0. The summed E-state index contributed by atoms with van der Waals surface area (Å²) in [6, 6.07) is 0. The summed E-state index contributed by atoms with van der Waals surface area (Å²) in [6.45, 7) is 0. The van der Waals surface area contributed by atoms with Crippen LogP contribution in [0.3, 0.4) is 0 Å². The molecule has 0 amide bonds. The van der Waals surface area contributed by atoms with E-state index in [2.05, 4.69) is 25.9 Å². The SMILES string of the molecule is Bc1cn2ccnc2c(Br)n1. The van der Waals surface area contributed by atoms with Gasteiger partial charge in [0.05, 0.1) is 0 Å². The van der Waals surface area contributed by atoms with Gasteiger partial charge in [-0.3, -0.25) is 4.98 Å². The molecule has 2 aromatic heterocycles. The van der Waals surface area contributed by atoms with Crippen molar-refractivity contribution < 1.29 is 0 Å². The van der Waals surface area contributed by atoms with Gasteiger partial charge in [0, 0.05) is 24.2 Å². The molecule has 0 aliphatic heterocycles. The van der Waals surface area contributed by atoms with Crippen LogP contribution in [0, 0.1) is 0 Å². The Morgan fingerprint density at radius 2 is 2.36 bits per heavy atom. The summed E-state index contributed by atoms with van der Waals surface area (Å²) < 4.78 is 2.73. The minimum absolute atomic E-state index is 0.794. The molecule has 0 radical (unpaired) electrons. The molecule has 0 fully saturated rings. The van der Waals surface area contributed by atoms with Crippen molar-refractivity contribution >= 4 is 35.0 Å². The zero-order valence-electron chi connectivity index (χ0n) is 5.95. The van der Waals surface area contributed by atoms with E-state index in [9.17, 15) is 0 Å². The second kappa shape index (κ2) is 2.34. The number of imidazole rings is 1. The minimum Gasteiger partial charge on any atom is -0.304 e. The summed E-state index contributed by atoms with van der Waals surface area (Å²) in [5.41, 5.74) is 1.83. The molecule has 0 aromatic carbocycles. The number of halogens is 1. The molecule has 0 N–H and O–H groups in total. The van der Waals surface area contributed by atoms with E-state index in [-0.39, 0.29) is 0 Å². The number of hydrogen-bond donors (Lipinski definition) is 0. The topological polar surface area (TPSA) is 30.2 Å². The van der Waals surface area contributed by atoms with Crippen molar-refractivity contribution in [1.82, 2.24) is 14.4 Å². The Balaban J connectivity index is 2.91. The molecule has 54 valence electrons. The van der Waals surface area contributed by atoms with E-state index in [0.717, 1.165) is 15.8 Å². The first-order valence-corrected chi connectivity index (χ1v) is 4.02. The predicted molar refractivity (Wildman–Crippen MR) is 48.9 cm³/mol. The van der Waals surface area contributed by atoms with Crippen molar-refractivity contribution in [2.45, 2.75) is 0 Å². The van der Waals surface area contributed by atoms with Gasteiger partial charge in [0.15, 0.2) is 13.5 Å². The molecule has 0 unspecified atom stereocenters. The van der Waals surface area contributed by atoms with Crippen molar-refractivity contribution in [3.63, 3.8) is 0 Å².